The summed E-state index contributed by atoms with van der Waals surface area (Å²) >= 11 is 6.95. The number of nitrogens with zero attached hydrogens (tertiary/aromatic N) is 3. The second-order valence-corrected chi connectivity index (χ2v) is 7.30. The van der Waals surface area contributed by atoms with E-state index in [9.17, 15) is 19.7 Å². The number of hydrogen-bond donors (Lipinski definition) is 0. The molecule has 29 heavy (non-hydrogen) atoms. The number of aliphatic imine (C=N–C) groups is 1. The minimum atomic E-state index is -0.582. The Morgan fingerprint density at radius 2 is 2.07 bits per heavy atom. The fourth-order valence-corrected chi connectivity index (χ4v) is 3.67. The highest BCUT2D eigenvalue weighted by Gasteiger charge is 2.30. The largest absolute Gasteiger partial charge is 0.465 e. The molecule has 10 heteroatoms. The summed E-state index contributed by atoms with van der Waals surface area (Å²) in [6, 6.07) is 10.8. The molecule has 0 aliphatic carbocycles. The van der Waals surface area contributed by atoms with Crippen LogP contribution in [-0.4, -0.2) is 41.0 Å². The molecule has 1 amide bonds. The van der Waals surface area contributed by atoms with Crippen LogP contribution in [0.15, 0.2) is 52.4 Å². The van der Waals surface area contributed by atoms with Gasteiger partial charge in [-0.05, 0) is 47.7 Å². The Hall–Kier alpha value is -3.17. The monoisotopic (exact) mass is 431 g/mol. The van der Waals surface area contributed by atoms with Crippen LogP contribution < -0.4 is 0 Å². The highest BCUT2D eigenvalue weighted by molar-refractivity contribution is 8.18. The standard InChI is InChI=1S/C19H14ClN3O5S/c1-22-17(24)16(9-11-6-7-14(20)15(8-11)23(26)27)29-19(22)21-13-5-3-4-12(10-13)18(25)28-2/h3-10H,1-2H3. The number of esters is 1. The number of carbonyl (C=O) groups is 2. The van der Waals surface area contributed by atoms with Gasteiger partial charge in [0.1, 0.15) is 5.02 Å². The van der Waals surface area contributed by atoms with E-state index < -0.39 is 10.9 Å². The SMILES string of the molecule is COC(=O)c1cccc(N=C2SC(=Cc3ccc(Cl)c([N+](=O)[O-])c3)C(=O)N2C)c1. The number of thioether (sulfide) groups is 1. The molecule has 3 rings (SSSR count). The summed E-state index contributed by atoms with van der Waals surface area (Å²) in [7, 11) is 2.86. The molecule has 0 atom stereocenters. The first kappa shape index (κ1) is 20.6. The Bertz CT molecular complexity index is 1080. The van der Waals surface area contributed by atoms with Crippen LogP contribution in [0.25, 0.3) is 6.08 Å². The lowest BCUT2D eigenvalue weighted by atomic mass is 10.2. The van der Waals surface area contributed by atoms with Crippen LogP contribution in [0.2, 0.25) is 5.02 Å². The normalized spacial score (nSPS) is 16.5. The van der Waals surface area contributed by atoms with Crippen molar-refractivity contribution < 1.29 is 19.2 Å². The number of amides is 1. The third-order valence-electron chi connectivity index (χ3n) is 3.96. The number of rotatable bonds is 4. The smallest absolute Gasteiger partial charge is 0.337 e. The Morgan fingerprint density at radius 3 is 2.76 bits per heavy atom. The molecule has 8 nitrogen and oxygen atoms in total. The third-order valence-corrected chi connectivity index (χ3v) is 5.34. The Morgan fingerprint density at radius 1 is 1.31 bits per heavy atom. The number of nitro groups is 1. The molecule has 148 valence electrons. The van der Waals surface area contributed by atoms with E-state index in [4.69, 9.17) is 16.3 Å². The summed E-state index contributed by atoms with van der Waals surface area (Å²) in [5.41, 5.74) is 1.06. The zero-order valence-electron chi connectivity index (χ0n) is 15.3. The van der Waals surface area contributed by atoms with Gasteiger partial charge in [-0.15, -0.1) is 0 Å². The van der Waals surface area contributed by atoms with Crippen molar-refractivity contribution >= 4 is 57.9 Å². The molecule has 1 saturated heterocycles. The fourth-order valence-electron chi connectivity index (χ4n) is 2.49. The second-order valence-electron chi connectivity index (χ2n) is 5.88. The highest BCUT2D eigenvalue weighted by Crippen LogP contribution is 2.34. The van der Waals surface area contributed by atoms with Gasteiger partial charge in [-0.1, -0.05) is 23.7 Å². The number of carbonyl (C=O) groups excluding carboxylic acids is 2. The van der Waals surface area contributed by atoms with Gasteiger partial charge in [-0.25, -0.2) is 9.79 Å². The minimum Gasteiger partial charge on any atom is -0.465 e. The lowest BCUT2D eigenvalue weighted by Crippen LogP contribution is -2.23. The molecule has 2 aromatic carbocycles. The van der Waals surface area contributed by atoms with Crippen LogP contribution in [0.1, 0.15) is 15.9 Å². The molecule has 0 N–H and O–H groups in total. The van der Waals surface area contributed by atoms with Crippen molar-refractivity contribution in [3.8, 4) is 0 Å². The van der Waals surface area contributed by atoms with E-state index in [0.717, 1.165) is 11.8 Å². The van der Waals surface area contributed by atoms with E-state index >= 15 is 0 Å². The number of likely N-dealkylation sites (N-methyl/N-ethyl adjacent to an activating group) is 1. The summed E-state index contributed by atoms with van der Waals surface area (Å²) in [5.74, 6) is -0.782. The van der Waals surface area contributed by atoms with Crippen LogP contribution in [0, 0.1) is 10.1 Å². The van der Waals surface area contributed by atoms with E-state index in [-0.39, 0.29) is 16.6 Å². The number of halogens is 1. The van der Waals surface area contributed by atoms with Gasteiger partial charge in [0.2, 0.25) is 0 Å². The van der Waals surface area contributed by atoms with E-state index in [1.807, 2.05) is 0 Å². The average molecular weight is 432 g/mol. The van der Waals surface area contributed by atoms with Crippen molar-refractivity contribution in [2.24, 2.45) is 4.99 Å². The van der Waals surface area contributed by atoms with Crippen molar-refractivity contribution in [2.45, 2.75) is 0 Å². The van der Waals surface area contributed by atoms with Gasteiger partial charge in [-0.3, -0.25) is 19.8 Å². The van der Waals surface area contributed by atoms with Crippen molar-refractivity contribution in [3.05, 3.63) is 73.6 Å². The van der Waals surface area contributed by atoms with Gasteiger partial charge in [-0.2, -0.15) is 0 Å². The molecule has 0 spiro atoms. The van der Waals surface area contributed by atoms with Crippen molar-refractivity contribution in [1.29, 1.82) is 0 Å². The lowest BCUT2D eigenvalue weighted by Gasteiger charge is -2.07. The second kappa shape index (κ2) is 8.46. The molecule has 2 aromatic rings. The summed E-state index contributed by atoms with van der Waals surface area (Å²) < 4.78 is 4.69. The molecule has 1 fully saturated rings. The van der Waals surface area contributed by atoms with Gasteiger partial charge in [0, 0.05) is 13.1 Å². The van der Waals surface area contributed by atoms with Gasteiger partial charge in [0.15, 0.2) is 5.17 Å². The Labute approximate surface area is 175 Å². The first-order valence-electron chi connectivity index (χ1n) is 8.18. The number of methoxy groups -OCH3 is 1. The number of benzene rings is 2. The lowest BCUT2D eigenvalue weighted by molar-refractivity contribution is -0.384. The van der Waals surface area contributed by atoms with Crippen LogP contribution >= 0.6 is 23.4 Å². The predicted molar refractivity (Wildman–Crippen MR) is 111 cm³/mol. The molecule has 1 aliphatic heterocycles. The highest BCUT2D eigenvalue weighted by atomic mass is 35.5. The maximum Gasteiger partial charge on any atom is 0.337 e. The molecule has 0 bridgehead atoms. The molecule has 0 saturated carbocycles. The van der Waals surface area contributed by atoms with Gasteiger partial charge < -0.3 is 4.74 Å². The molecule has 1 heterocycles. The van der Waals surface area contributed by atoms with E-state index in [1.165, 1.54) is 24.1 Å². The predicted octanol–water partition coefficient (Wildman–Crippen LogP) is 4.27. The maximum atomic E-state index is 12.5. The number of amidine groups is 1. The van der Waals surface area contributed by atoms with E-state index in [0.29, 0.717) is 26.9 Å². The average Bonchev–Trinajstić information content (AvgIpc) is 2.96. The molecular formula is C19H14ClN3O5S. The summed E-state index contributed by atoms with van der Waals surface area (Å²) in [4.78, 5) is 40.8. The van der Waals surface area contributed by atoms with E-state index in [2.05, 4.69) is 4.99 Å². The number of ether oxygens (including phenoxy) is 1. The molecule has 0 unspecified atom stereocenters. The number of hydrogen-bond acceptors (Lipinski definition) is 7. The van der Waals surface area contributed by atoms with Crippen LogP contribution in [-0.2, 0) is 9.53 Å². The van der Waals surface area contributed by atoms with E-state index in [1.54, 1.807) is 43.5 Å². The maximum absolute atomic E-state index is 12.5. The van der Waals surface area contributed by atoms with Gasteiger partial charge in [0.25, 0.3) is 11.6 Å². The van der Waals surface area contributed by atoms with Gasteiger partial charge >= 0.3 is 5.97 Å². The minimum absolute atomic E-state index is 0.0207. The summed E-state index contributed by atoms with van der Waals surface area (Å²) in [6.07, 6.45) is 1.54. The summed E-state index contributed by atoms with van der Waals surface area (Å²) in [6.45, 7) is 0. The zero-order valence-corrected chi connectivity index (χ0v) is 16.9. The molecular weight excluding hydrogens is 418 g/mol. The van der Waals surface area contributed by atoms with Crippen molar-refractivity contribution in [2.75, 3.05) is 14.2 Å². The molecule has 1 aliphatic rings. The topological polar surface area (TPSA) is 102 Å². The van der Waals surface area contributed by atoms with Crippen molar-refractivity contribution in [1.82, 2.24) is 4.90 Å². The van der Waals surface area contributed by atoms with Gasteiger partial charge in [0.05, 0.1) is 28.2 Å². The van der Waals surface area contributed by atoms with Crippen LogP contribution in [0.3, 0.4) is 0 Å². The van der Waals surface area contributed by atoms with Crippen LogP contribution in [0.4, 0.5) is 11.4 Å². The third kappa shape index (κ3) is 4.47. The summed E-state index contributed by atoms with van der Waals surface area (Å²) in [5, 5.41) is 11.5. The van der Waals surface area contributed by atoms with Crippen LogP contribution in [0.5, 0.6) is 0 Å². The first-order chi connectivity index (χ1) is 13.8. The Kier molecular flexibility index (Phi) is 6.00. The zero-order chi connectivity index (χ0) is 21.1. The molecule has 0 aromatic heterocycles. The first-order valence-corrected chi connectivity index (χ1v) is 9.38. The molecule has 0 radical (unpaired) electrons. The quantitative estimate of drug-likeness (QED) is 0.310. The van der Waals surface area contributed by atoms with Crippen molar-refractivity contribution in [3.63, 3.8) is 0 Å². The Balaban J connectivity index is 1.91. The number of nitro benzene ring substituents is 1. The fraction of sp³-hybridized carbons (Fsp3) is 0.105.